The van der Waals surface area contributed by atoms with Gasteiger partial charge in [-0.25, -0.2) is 9.59 Å². The smallest absolute Gasteiger partial charge is 0.397 e. The molecule has 8 nitrogen and oxygen atoms in total. The summed E-state index contributed by atoms with van der Waals surface area (Å²) in [6.07, 6.45) is 0. The Balaban J connectivity index is 3.38. The lowest BCUT2D eigenvalue weighted by atomic mass is 10.1. The Labute approximate surface area is 142 Å². The Morgan fingerprint density at radius 2 is 1.92 bits per heavy atom. The van der Waals surface area contributed by atoms with Crippen LogP contribution < -0.4 is 5.32 Å². The second-order valence-electron chi connectivity index (χ2n) is 4.49. The van der Waals surface area contributed by atoms with Gasteiger partial charge < -0.3 is 19.9 Å². The maximum absolute atomic E-state index is 11.8. The number of hydrogen-bond donors (Lipinski definition) is 2. The highest BCUT2D eigenvalue weighted by atomic mass is 32.1. The lowest BCUT2D eigenvalue weighted by Crippen LogP contribution is -2.25. The maximum Gasteiger partial charge on any atom is 0.397 e. The van der Waals surface area contributed by atoms with E-state index in [0.717, 1.165) is 23.3 Å². The van der Waals surface area contributed by atoms with Crippen LogP contribution in [0.4, 0.5) is 5.00 Å². The number of esters is 2. The van der Waals surface area contributed by atoms with Crippen molar-refractivity contribution in [2.45, 2.75) is 20.8 Å². The highest BCUT2D eigenvalue weighted by Gasteiger charge is 2.26. The molecule has 1 amide bonds. The first-order chi connectivity index (χ1) is 11.3. The molecule has 1 heterocycles. The molecule has 0 spiro atoms. The van der Waals surface area contributed by atoms with E-state index in [0.29, 0.717) is 5.56 Å². The minimum Gasteiger partial charge on any atom is -0.506 e. The number of aliphatic hydroxyl groups is 1. The van der Waals surface area contributed by atoms with Gasteiger partial charge in [-0.1, -0.05) is 0 Å². The topological polar surface area (TPSA) is 126 Å². The van der Waals surface area contributed by atoms with E-state index in [4.69, 9.17) is 5.26 Å². The number of aryl methyl sites for hydroxylation is 1. The molecule has 24 heavy (non-hydrogen) atoms. The molecule has 0 aliphatic rings. The number of nitrogens with zero attached hydrogens (tertiary/aromatic N) is 1. The van der Waals surface area contributed by atoms with Crippen LogP contribution in [0.2, 0.25) is 0 Å². The zero-order chi connectivity index (χ0) is 18.4. The number of amides is 1. The van der Waals surface area contributed by atoms with Gasteiger partial charge in [-0.3, -0.25) is 4.79 Å². The van der Waals surface area contributed by atoms with E-state index in [1.54, 1.807) is 26.8 Å². The van der Waals surface area contributed by atoms with Crippen LogP contribution in [0.25, 0.3) is 5.76 Å². The van der Waals surface area contributed by atoms with Crippen molar-refractivity contribution in [1.82, 2.24) is 0 Å². The van der Waals surface area contributed by atoms with Crippen LogP contribution in [0.1, 0.15) is 22.9 Å². The van der Waals surface area contributed by atoms with Gasteiger partial charge in [-0.15, -0.1) is 11.3 Å². The molecule has 128 valence electrons. The van der Waals surface area contributed by atoms with Gasteiger partial charge in [0.2, 0.25) is 0 Å². The number of anilines is 1. The fraction of sp³-hybridized carbons (Fsp3) is 0.333. The van der Waals surface area contributed by atoms with Gasteiger partial charge in [0.05, 0.1) is 19.3 Å². The molecule has 0 saturated heterocycles. The summed E-state index contributed by atoms with van der Waals surface area (Å²) >= 11 is 1.08. The Bertz CT molecular complexity index is 757. The monoisotopic (exact) mass is 352 g/mol. The second-order valence-corrected chi connectivity index (χ2v) is 5.71. The molecule has 9 heteroatoms. The lowest BCUT2D eigenvalue weighted by molar-refractivity contribution is -0.152. The van der Waals surface area contributed by atoms with Crippen molar-refractivity contribution >= 4 is 39.9 Å². The van der Waals surface area contributed by atoms with Crippen molar-refractivity contribution in [2.24, 2.45) is 0 Å². The predicted molar refractivity (Wildman–Crippen MR) is 86.2 cm³/mol. The molecule has 0 aliphatic carbocycles. The van der Waals surface area contributed by atoms with Crippen molar-refractivity contribution in [3.63, 3.8) is 0 Å². The Morgan fingerprint density at radius 3 is 2.42 bits per heavy atom. The van der Waals surface area contributed by atoms with Gasteiger partial charge in [-0.05, 0) is 26.3 Å². The summed E-state index contributed by atoms with van der Waals surface area (Å²) < 4.78 is 9.04. The Morgan fingerprint density at radius 1 is 1.29 bits per heavy atom. The molecule has 0 aliphatic heterocycles. The standard InChI is InChI=1S/C15H16N2O6S/c1-5-23-15(21)12(19)17-13-10(7(2)8(3)24-13)11(18)9(6-16)14(20)22-4/h18H,5H2,1-4H3,(H,17,19)/b11-9-. The van der Waals surface area contributed by atoms with Crippen LogP contribution >= 0.6 is 11.3 Å². The van der Waals surface area contributed by atoms with Crippen LogP contribution in [-0.2, 0) is 23.9 Å². The van der Waals surface area contributed by atoms with E-state index < -0.39 is 29.2 Å². The first kappa shape index (κ1) is 19.2. The number of nitrogens with one attached hydrogen (secondary N) is 1. The van der Waals surface area contributed by atoms with Gasteiger partial charge >= 0.3 is 17.8 Å². The number of methoxy groups -OCH3 is 1. The van der Waals surface area contributed by atoms with Gasteiger partial charge in [0, 0.05) is 4.88 Å². The number of carbonyl (C=O) groups excluding carboxylic acids is 3. The van der Waals surface area contributed by atoms with Crippen molar-refractivity contribution in [3.8, 4) is 6.07 Å². The maximum atomic E-state index is 11.8. The molecule has 1 aromatic rings. The molecule has 0 aromatic carbocycles. The molecule has 0 atom stereocenters. The zero-order valence-corrected chi connectivity index (χ0v) is 14.4. The molecule has 0 radical (unpaired) electrons. The Kier molecular flexibility index (Phi) is 6.49. The largest absolute Gasteiger partial charge is 0.506 e. The summed E-state index contributed by atoms with van der Waals surface area (Å²) in [5.74, 6) is -3.75. The molecule has 1 aromatic heterocycles. The van der Waals surface area contributed by atoms with Crippen LogP contribution in [0.5, 0.6) is 0 Å². The van der Waals surface area contributed by atoms with Gasteiger partial charge in [0.1, 0.15) is 11.1 Å². The summed E-state index contributed by atoms with van der Waals surface area (Å²) in [7, 11) is 1.07. The molecular weight excluding hydrogens is 336 g/mol. The van der Waals surface area contributed by atoms with Crippen molar-refractivity contribution in [3.05, 3.63) is 21.6 Å². The van der Waals surface area contributed by atoms with E-state index in [-0.39, 0.29) is 17.2 Å². The highest BCUT2D eigenvalue weighted by Crippen LogP contribution is 2.37. The minimum atomic E-state index is -1.08. The third-order valence-electron chi connectivity index (χ3n) is 3.05. The van der Waals surface area contributed by atoms with Crippen LogP contribution in [-0.4, -0.2) is 36.7 Å². The van der Waals surface area contributed by atoms with E-state index in [2.05, 4.69) is 14.8 Å². The molecule has 0 bridgehead atoms. The minimum absolute atomic E-state index is 0.0354. The summed E-state index contributed by atoms with van der Waals surface area (Å²) in [5, 5.41) is 21.8. The molecule has 0 fully saturated rings. The van der Waals surface area contributed by atoms with E-state index >= 15 is 0 Å². The van der Waals surface area contributed by atoms with E-state index in [9.17, 15) is 19.5 Å². The van der Waals surface area contributed by atoms with Gasteiger partial charge in [0.15, 0.2) is 11.3 Å². The number of rotatable bonds is 4. The highest BCUT2D eigenvalue weighted by molar-refractivity contribution is 7.16. The third-order valence-corrected chi connectivity index (χ3v) is 4.17. The molecule has 1 rings (SSSR count). The quantitative estimate of drug-likeness (QED) is 0.278. The van der Waals surface area contributed by atoms with E-state index in [1.807, 2.05) is 0 Å². The zero-order valence-electron chi connectivity index (χ0n) is 13.6. The first-order valence-electron chi connectivity index (χ1n) is 6.78. The van der Waals surface area contributed by atoms with Crippen molar-refractivity contribution in [1.29, 1.82) is 5.26 Å². The van der Waals surface area contributed by atoms with Crippen molar-refractivity contribution in [2.75, 3.05) is 19.0 Å². The molecule has 0 unspecified atom stereocenters. The fourth-order valence-corrected chi connectivity index (χ4v) is 2.83. The Hall–Kier alpha value is -2.86. The summed E-state index contributed by atoms with van der Waals surface area (Å²) in [6.45, 7) is 4.96. The lowest BCUT2D eigenvalue weighted by Gasteiger charge is -2.08. The summed E-state index contributed by atoms with van der Waals surface area (Å²) in [5.41, 5.74) is 0.0236. The second kappa shape index (κ2) is 8.12. The van der Waals surface area contributed by atoms with Crippen molar-refractivity contribution < 1.29 is 29.0 Å². The third kappa shape index (κ3) is 3.91. The fourth-order valence-electron chi connectivity index (χ4n) is 1.77. The van der Waals surface area contributed by atoms with Crippen LogP contribution in [0.15, 0.2) is 5.57 Å². The van der Waals surface area contributed by atoms with Crippen LogP contribution in [0, 0.1) is 25.2 Å². The predicted octanol–water partition coefficient (Wildman–Crippen LogP) is 1.83. The average Bonchev–Trinajstić information content (AvgIpc) is 2.82. The number of nitriles is 1. The number of aliphatic hydroxyl groups excluding tert-OH is 1. The number of thiophene rings is 1. The number of ether oxygens (including phenoxy) is 2. The molecule has 2 N–H and O–H groups in total. The normalized spacial score (nSPS) is 11.1. The summed E-state index contributed by atoms with van der Waals surface area (Å²) in [6, 6.07) is 1.57. The number of carbonyl (C=O) groups is 3. The number of hydrogen-bond acceptors (Lipinski definition) is 8. The molecule has 0 saturated carbocycles. The average molecular weight is 352 g/mol. The molecular formula is C15H16N2O6S. The van der Waals surface area contributed by atoms with E-state index in [1.165, 1.54) is 0 Å². The van der Waals surface area contributed by atoms with Gasteiger partial charge in [0.25, 0.3) is 0 Å². The van der Waals surface area contributed by atoms with Crippen LogP contribution in [0.3, 0.4) is 0 Å². The SMILES string of the molecule is CCOC(=O)C(=O)Nc1sc(C)c(C)c1/C(O)=C(\C#N)C(=O)OC. The van der Waals surface area contributed by atoms with Gasteiger partial charge in [-0.2, -0.15) is 5.26 Å². The summed E-state index contributed by atoms with van der Waals surface area (Å²) in [4.78, 5) is 35.5. The first-order valence-corrected chi connectivity index (χ1v) is 7.60.